The monoisotopic (exact) mass is 353 g/mol. The number of aromatic nitrogens is 2. The number of aryl methyl sites for hydroxylation is 1. The van der Waals surface area contributed by atoms with Gasteiger partial charge in [-0.15, -0.1) is 5.10 Å². The number of ether oxygens (including phenoxy) is 1. The highest BCUT2D eigenvalue weighted by Crippen LogP contribution is 2.37. The molecule has 0 saturated carbocycles. The van der Waals surface area contributed by atoms with Gasteiger partial charge in [0.05, 0.1) is 11.1 Å². The van der Waals surface area contributed by atoms with Gasteiger partial charge in [0, 0.05) is 16.1 Å². The van der Waals surface area contributed by atoms with Gasteiger partial charge in [-0.2, -0.15) is 5.10 Å². The molecule has 0 aliphatic heterocycles. The van der Waals surface area contributed by atoms with Crippen molar-refractivity contribution in [1.82, 2.24) is 10.2 Å². The Morgan fingerprint density at radius 1 is 1.48 bits per heavy atom. The summed E-state index contributed by atoms with van der Waals surface area (Å²) in [5, 5.41) is 27.2. The highest BCUT2D eigenvalue weighted by atomic mass is 79.9. The van der Waals surface area contributed by atoms with Crippen LogP contribution in [0.2, 0.25) is 0 Å². The van der Waals surface area contributed by atoms with Crippen molar-refractivity contribution in [3.05, 3.63) is 50.1 Å². The van der Waals surface area contributed by atoms with E-state index in [0.29, 0.717) is 10.0 Å². The lowest BCUT2D eigenvalue weighted by Crippen LogP contribution is -2.04. The van der Waals surface area contributed by atoms with Gasteiger partial charge in [-0.25, -0.2) is 4.79 Å². The summed E-state index contributed by atoms with van der Waals surface area (Å²) in [6.45, 7) is 1.60. The van der Waals surface area contributed by atoms with Crippen molar-refractivity contribution in [2.24, 2.45) is 0 Å². The third-order valence-corrected chi connectivity index (χ3v) is 2.99. The van der Waals surface area contributed by atoms with Crippen LogP contribution < -0.4 is 4.74 Å². The van der Waals surface area contributed by atoms with Gasteiger partial charge in [0.1, 0.15) is 5.56 Å². The number of benzene rings is 1. The van der Waals surface area contributed by atoms with Crippen LogP contribution in [0.15, 0.2) is 28.9 Å². The largest absolute Gasteiger partial charge is 0.477 e. The van der Waals surface area contributed by atoms with E-state index >= 15 is 0 Å². The molecule has 0 saturated heterocycles. The van der Waals surface area contributed by atoms with Crippen LogP contribution in [-0.4, -0.2) is 26.2 Å². The van der Waals surface area contributed by atoms with Gasteiger partial charge in [0.15, 0.2) is 0 Å². The molecule has 0 bridgehead atoms. The van der Waals surface area contributed by atoms with Gasteiger partial charge in [0.25, 0.3) is 5.88 Å². The van der Waals surface area contributed by atoms with Crippen LogP contribution in [0, 0.1) is 17.0 Å². The number of carboxylic acids is 1. The Morgan fingerprint density at radius 3 is 2.81 bits per heavy atom. The Labute approximate surface area is 126 Å². The molecule has 0 spiro atoms. The summed E-state index contributed by atoms with van der Waals surface area (Å²) in [6, 6.07) is 4.07. The first-order valence-corrected chi connectivity index (χ1v) is 6.37. The van der Waals surface area contributed by atoms with Crippen molar-refractivity contribution < 1.29 is 19.6 Å². The molecule has 108 valence electrons. The number of carbonyl (C=O) groups is 1. The molecule has 0 radical (unpaired) electrons. The molecule has 1 aromatic heterocycles. The van der Waals surface area contributed by atoms with Gasteiger partial charge < -0.3 is 9.84 Å². The number of nitro groups is 1. The van der Waals surface area contributed by atoms with Gasteiger partial charge in [-0.05, 0) is 19.1 Å². The SMILES string of the molecule is Cc1cc(Br)cc([N+](=O)[O-])c1Oc1nnccc1C(=O)O. The summed E-state index contributed by atoms with van der Waals surface area (Å²) in [5.41, 5.74) is -0.0800. The van der Waals surface area contributed by atoms with Crippen molar-refractivity contribution in [1.29, 1.82) is 0 Å². The Kier molecular flexibility index (Phi) is 4.13. The highest BCUT2D eigenvalue weighted by Gasteiger charge is 2.22. The van der Waals surface area contributed by atoms with E-state index in [1.807, 2.05) is 0 Å². The number of hydrogen-bond acceptors (Lipinski definition) is 6. The van der Waals surface area contributed by atoms with E-state index in [1.54, 1.807) is 13.0 Å². The van der Waals surface area contributed by atoms with Crippen molar-refractivity contribution >= 4 is 27.6 Å². The van der Waals surface area contributed by atoms with Crippen molar-refractivity contribution in [3.63, 3.8) is 0 Å². The maximum Gasteiger partial charge on any atom is 0.341 e. The van der Waals surface area contributed by atoms with E-state index in [0.717, 1.165) is 0 Å². The molecule has 8 nitrogen and oxygen atoms in total. The number of aromatic carboxylic acids is 1. The summed E-state index contributed by atoms with van der Waals surface area (Å²) >= 11 is 3.16. The lowest BCUT2D eigenvalue weighted by Gasteiger charge is -2.10. The molecule has 0 unspecified atom stereocenters. The van der Waals surface area contributed by atoms with Gasteiger partial charge in [-0.3, -0.25) is 10.1 Å². The van der Waals surface area contributed by atoms with Crippen LogP contribution in [0.1, 0.15) is 15.9 Å². The Bertz CT molecular complexity index is 735. The van der Waals surface area contributed by atoms with Crippen LogP contribution in [-0.2, 0) is 0 Å². The number of halogens is 1. The lowest BCUT2D eigenvalue weighted by atomic mass is 10.2. The van der Waals surface area contributed by atoms with Crippen LogP contribution >= 0.6 is 15.9 Å². The van der Waals surface area contributed by atoms with Crippen LogP contribution in [0.5, 0.6) is 11.6 Å². The van der Waals surface area contributed by atoms with Crippen molar-refractivity contribution in [2.45, 2.75) is 6.92 Å². The molecule has 0 amide bonds. The zero-order chi connectivity index (χ0) is 15.6. The molecule has 1 heterocycles. The normalized spacial score (nSPS) is 10.2. The molecule has 21 heavy (non-hydrogen) atoms. The zero-order valence-corrected chi connectivity index (χ0v) is 12.2. The van der Waals surface area contributed by atoms with Crippen molar-refractivity contribution in [2.75, 3.05) is 0 Å². The van der Waals surface area contributed by atoms with Gasteiger partial charge >= 0.3 is 11.7 Å². The molecule has 0 aliphatic rings. The Balaban J connectivity index is 2.55. The third-order valence-electron chi connectivity index (χ3n) is 2.53. The van der Waals surface area contributed by atoms with Crippen LogP contribution in [0.3, 0.4) is 0 Å². The molecular formula is C12H8BrN3O5. The Hall–Kier alpha value is -2.55. The first kappa shape index (κ1) is 14.9. The topological polar surface area (TPSA) is 115 Å². The standard InChI is InChI=1S/C12H8BrN3O5/c1-6-4-7(13)5-9(16(19)20)10(6)21-11-8(12(17)18)2-3-14-15-11/h2-5H,1H3,(H,17,18). The molecule has 2 aromatic rings. The second kappa shape index (κ2) is 5.83. The fourth-order valence-corrected chi connectivity index (χ4v) is 2.19. The minimum absolute atomic E-state index is 0.0776. The molecule has 0 fully saturated rings. The van der Waals surface area contributed by atoms with E-state index in [-0.39, 0.29) is 22.9 Å². The number of rotatable bonds is 4. The quantitative estimate of drug-likeness (QED) is 0.663. The fourth-order valence-electron chi connectivity index (χ4n) is 1.63. The van der Waals surface area contributed by atoms with Gasteiger partial charge in [-0.1, -0.05) is 15.9 Å². The van der Waals surface area contributed by atoms with E-state index in [2.05, 4.69) is 26.1 Å². The van der Waals surface area contributed by atoms with E-state index in [4.69, 9.17) is 9.84 Å². The molecule has 1 aromatic carbocycles. The predicted molar refractivity (Wildman–Crippen MR) is 74.6 cm³/mol. The fraction of sp³-hybridized carbons (Fsp3) is 0.0833. The zero-order valence-electron chi connectivity index (χ0n) is 10.6. The minimum atomic E-state index is -1.27. The average molecular weight is 354 g/mol. The second-order valence-corrected chi connectivity index (χ2v) is 4.90. The second-order valence-electron chi connectivity index (χ2n) is 3.99. The Morgan fingerprint density at radius 2 is 2.19 bits per heavy atom. The number of hydrogen-bond donors (Lipinski definition) is 1. The molecule has 0 aliphatic carbocycles. The first-order valence-electron chi connectivity index (χ1n) is 5.57. The summed E-state index contributed by atoms with van der Waals surface area (Å²) in [4.78, 5) is 21.5. The molecule has 1 N–H and O–H groups in total. The van der Waals surface area contributed by atoms with Crippen LogP contribution in [0.25, 0.3) is 0 Å². The number of nitrogens with zero attached hydrogens (tertiary/aromatic N) is 3. The molecule has 9 heteroatoms. The smallest absolute Gasteiger partial charge is 0.341 e. The molecule has 2 rings (SSSR count). The van der Waals surface area contributed by atoms with Gasteiger partial charge in [0.2, 0.25) is 5.75 Å². The maximum absolute atomic E-state index is 11.1. The summed E-state index contributed by atoms with van der Waals surface area (Å²) < 4.78 is 5.84. The molecule has 0 atom stereocenters. The van der Waals surface area contributed by atoms with E-state index < -0.39 is 10.9 Å². The highest BCUT2D eigenvalue weighted by molar-refractivity contribution is 9.10. The first-order chi connectivity index (χ1) is 9.90. The third kappa shape index (κ3) is 3.14. The number of nitro benzene ring substituents is 1. The predicted octanol–water partition coefficient (Wildman–Crippen LogP) is 2.95. The summed E-state index contributed by atoms with van der Waals surface area (Å²) in [5.74, 6) is -1.65. The summed E-state index contributed by atoms with van der Waals surface area (Å²) in [6.07, 6.45) is 1.19. The minimum Gasteiger partial charge on any atom is -0.477 e. The summed E-state index contributed by atoms with van der Waals surface area (Å²) in [7, 11) is 0. The average Bonchev–Trinajstić information content (AvgIpc) is 2.41. The van der Waals surface area contributed by atoms with Crippen LogP contribution in [0.4, 0.5) is 5.69 Å². The number of carboxylic acid groups (broad SMARTS) is 1. The maximum atomic E-state index is 11.1. The lowest BCUT2D eigenvalue weighted by molar-refractivity contribution is -0.385. The van der Waals surface area contributed by atoms with E-state index in [9.17, 15) is 14.9 Å². The van der Waals surface area contributed by atoms with Crippen molar-refractivity contribution in [3.8, 4) is 11.6 Å². The molecular weight excluding hydrogens is 346 g/mol. The van der Waals surface area contributed by atoms with E-state index in [1.165, 1.54) is 18.3 Å².